The van der Waals surface area contributed by atoms with E-state index in [0.717, 1.165) is 11.3 Å². The number of carbonyl (C=O) groups excluding carboxylic acids is 1. The van der Waals surface area contributed by atoms with Gasteiger partial charge in [-0.1, -0.05) is 31.2 Å². The van der Waals surface area contributed by atoms with Crippen LogP contribution in [-0.2, 0) is 17.9 Å². The van der Waals surface area contributed by atoms with Crippen molar-refractivity contribution in [3.8, 4) is 5.75 Å². The molecule has 0 aliphatic carbocycles. The lowest BCUT2D eigenvalue weighted by Gasteiger charge is -2.26. The fourth-order valence-corrected chi connectivity index (χ4v) is 3.27. The minimum atomic E-state index is -0.0605. The summed E-state index contributed by atoms with van der Waals surface area (Å²) in [5, 5.41) is 5.12. The lowest BCUT2D eigenvalue weighted by Crippen LogP contribution is -2.37. The monoisotopic (exact) mass is 332 g/mol. The number of hydrogen-bond donors (Lipinski definition) is 1. The fraction of sp³-hybridized carbons (Fsp3) is 0.389. The molecule has 1 aromatic heterocycles. The maximum absolute atomic E-state index is 12.8. The van der Waals surface area contributed by atoms with Crippen LogP contribution >= 0.6 is 11.3 Å². The molecule has 1 heterocycles. The number of carbonyl (C=O) groups is 1. The zero-order chi connectivity index (χ0) is 16.7. The van der Waals surface area contributed by atoms with Gasteiger partial charge in [0.15, 0.2) is 0 Å². The van der Waals surface area contributed by atoms with E-state index in [1.807, 2.05) is 54.6 Å². The third kappa shape index (κ3) is 4.81. The average Bonchev–Trinajstić information content (AvgIpc) is 3.07. The summed E-state index contributed by atoms with van der Waals surface area (Å²) in [6.45, 7) is 3.81. The van der Waals surface area contributed by atoms with Gasteiger partial charge in [-0.05, 0) is 24.6 Å². The summed E-state index contributed by atoms with van der Waals surface area (Å²) in [6.07, 6.45) is 0. The molecule has 0 fully saturated rings. The van der Waals surface area contributed by atoms with Crippen LogP contribution in [0.25, 0.3) is 0 Å². The molecular formula is C18H24N2O2S. The summed E-state index contributed by atoms with van der Waals surface area (Å²) in [6, 6.07) is 11.9. The summed E-state index contributed by atoms with van der Waals surface area (Å²) in [7, 11) is 3.53. The summed E-state index contributed by atoms with van der Waals surface area (Å²) < 4.78 is 5.42. The molecule has 0 aliphatic rings. The third-order valence-corrected chi connectivity index (χ3v) is 4.59. The molecule has 1 N–H and O–H groups in total. The number of para-hydroxylation sites is 1. The first kappa shape index (κ1) is 17.5. The molecule has 1 aromatic carbocycles. The zero-order valence-electron chi connectivity index (χ0n) is 13.9. The maximum Gasteiger partial charge on any atom is 0.227 e. The zero-order valence-corrected chi connectivity index (χ0v) is 14.7. The van der Waals surface area contributed by atoms with E-state index in [9.17, 15) is 4.79 Å². The number of rotatable bonds is 8. The highest BCUT2D eigenvalue weighted by atomic mass is 32.1. The van der Waals surface area contributed by atoms with Crippen molar-refractivity contribution in [2.75, 3.05) is 20.7 Å². The second-order valence-electron chi connectivity index (χ2n) is 5.54. The highest BCUT2D eigenvalue weighted by molar-refractivity contribution is 7.09. The molecule has 1 amide bonds. The van der Waals surface area contributed by atoms with Crippen LogP contribution in [0.1, 0.15) is 17.4 Å². The highest BCUT2D eigenvalue weighted by Crippen LogP contribution is 2.22. The number of benzene rings is 1. The SMILES string of the molecule is CNCC(C)C(=O)N(Cc1cccs1)Cc1ccccc1OC. The van der Waals surface area contributed by atoms with Gasteiger partial charge in [-0.25, -0.2) is 0 Å². The van der Waals surface area contributed by atoms with E-state index in [4.69, 9.17) is 4.74 Å². The van der Waals surface area contributed by atoms with Gasteiger partial charge in [0.05, 0.1) is 13.7 Å². The van der Waals surface area contributed by atoms with E-state index in [-0.39, 0.29) is 11.8 Å². The summed E-state index contributed by atoms with van der Waals surface area (Å²) in [4.78, 5) is 15.9. The molecule has 0 spiro atoms. The van der Waals surface area contributed by atoms with E-state index in [1.54, 1.807) is 18.4 Å². The topological polar surface area (TPSA) is 41.6 Å². The molecule has 0 saturated heterocycles. The lowest BCUT2D eigenvalue weighted by molar-refractivity contribution is -0.136. The van der Waals surface area contributed by atoms with Crippen molar-refractivity contribution < 1.29 is 9.53 Å². The minimum Gasteiger partial charge on any atom is -0.496 e. The maximum atomic E-state index is 12.8. The molecule has 23 heavy (non-hydrogen) atoms. The van der Waals surface area contributed by atoms with Crippen LogP contribution in [0.2, 0.25) is 0 Å². The van der Waals surface area contributed by atoms with Crippen molar-refractivity contribution in [1.29, 1.82) is 0 Å². The first-order valence-electron chi connectivity index (χ1n) is 7.73. The van der Waals surface area contributed by atoms with E-state index >= 15 is 0 Å². The largest absolute Gasteiger partial charge is 0.496 e. The average molecular weight is 332 g/mol. The predicted octanol–water partition coefficient (Wildman–Crippen LogP) is 3.14. The Kier molecular flexibility index (Phi) is 6.62. The van der Waals surface area contributed by atoms with E-state index in [2.05, 4.69) is 11.4 Å². The quantitative estimate of drug-likeness (QED) is 0.807. The van der Waals surface area contributed by atoms with Crippen molar-refractivity contribution in [2.45, 2.75) is 20.0 Å². The van der Waals surface area contributed by atoms with Crippen LogP contribution in [0, 0.1) is 5.92 Å². The molecule has 0 aliphatic heterocycles. The molecule has 124 valence electrons. The number of nitrogens with one attached hydrogen (secondary N) is 1. The second kappa shape index (κ2) is 8.70. The first-order valence-corrected chi connectivity index (χ1v) is 8.61. The Balaban J connectivity index is 2.20. The standard InChI is InChI=1S/C18H24N2O2S/c1-14(11-19-2)18(21)20(13-16-8-6-10-23-16)12-15-7-4-5-9-17(15)22-3/h4-10,14,19H,11-13H2,1-3H3. The molecule has 5 heteroatoms. The number of nitrogens with zero attached hydrogens (tertiary/aromatic N) is 1. The Hall–Kier alpha value is -1.85. The minimum absolute atomic E-state index is 0.0605. The van der Waals surface area contributed by atoms with Gasteiger partial charge in [-0.2, -0.15) is 0 Å². The Morgan fingerprint density at radius 2 is 2.04 bits per heavy atom. The molecule has 0 bridgehead atoms. The Morgan fingerprint density at radius 1 is 1.26 bits per heavy atom. The van der Waals surface area contributed by atoms with Crippen molar-refractivity contribution in [1.82, 2.24) is 10.2 Å². The number of amides is 1. The normalized spacial score (nSPS) is 12.0. The van der Waals surface area contributed by atoms with Gasteiger partial charge in [-0.3, -0.25) is 4.79 Å². The van der Waals surface area contributed by atoms with Crippen molar-refractivity contribution in [3.05, 3.63) is 52.2 Å². The fourth-order valence-electron chi connectivity index (χ4n) is 2.55. The molecule has 1 unspecified atom stereocenters. The molecule has 0 saturated carbocycles. The van der Waals surface area contributed by atoms with Crippen molar-refractivity contribution >= 4 is 17.2 Å². The number of methoxy groups -OCH3 is 1. The second-order valence-corrected chi connectivity index (χ2v) is 6.58. The van der Waals surface area contributed by atoms with E-state index < -0.39 is 0 Å². The van der Waals surface area contributed by atoms with Gasteiger partial charge in [0.1, 0.15) is 5.75 Å². The van der Waals surface area contributed by atoms with Crippen LogP contribution in [0.5, 0.6) is 5.75 Å². The summed E-state index contributed by atoms with van der Waals surface area (Å²) in [5.74, 6) is 0.908. The summed E-state index contributed by atoms with van der Waals surface area (Å²) in [5.41, 5.74) is 1.02. The Bertz CT molecular complexity index is 613. The summed E-state index contributed by atoms with van der Waals surface area (Å²) >= 11 is 1.67. The van der Waals surface area contributed by atoms with Crippen LogP contribution in [0.4, 0.5) is 0 Å². The molecule has 2 rings (SSSR count). The van der Waals surface area contributed by atoms with Gasteiger partial charge >= 0.3 is 0 Å². The predicted molar refractivity (Wildman–Crippen MR) is 94.7 cm³/mol. The van der Waals surface area contributed by atoms with Crippen molar-refractivity contribution in [2.24, 2.45) is 5.92 Å². The van der Waals surface area contributed by atoms with E-state index in [1.165, 1.54) is 4.88 Å². The van der Waals surface area contributed by atoms with Gasteiger partial charge in [0, 0.05) is 29.4 Å². The van der Waals surface area contributed by atoms with Gasteiger partial charge < -0.3 is 15.0 Å². The van der Waals surface area contributed by atoms with Gasteiger partial charge in [0.25, 0.3) is 0 Å². The highest BCUT2D eigenvalue weighted by Gasteiger charge is 2.21. The molecule has 2 aromatic rings. The molecule has 4 nitrogen and oxygen atoms in total. The van der Waals surface area contributed by atoms with Crippen LogP contribution in [-0.4, -0.2) is 31.5 Å². The van der Waals surface area contributed by atoms with Crippen LogP contribution in [0.15, 0.2) is 41.8 Å². The van der Waals surface area contributed by atoms with Gasteiger partial charge in [0.2, 0.25) is 5.91 Å². The van der Waals surface area contributed by atoms with Gasteiger partial charge in [-0.15, -0.1) is 11.3 Å². The van der Waals surface area contributed by atoms with E-state index in [0.29, 0.717) is 19.6 Å². The molecular weight excluding hydrogens is 308 g/mol. The van der Waals surface area contributed by atoms with Crippen LogP contribution < -0.4 is 10.1 Å². The molecule has 0 radical (unpaired) electrons. The lowest BCUT2D eigenvalue weighted by atomic mass is 10.1. The first-order chi connectivity index (χ1) is 11.2. The number of thiophene rings is 1. The smallest absolute Gasteiger partial charge is 0.227 e. The Morgan fingerprint density at radius 3 is 2.70 bits per heavy atom. The number of hydrogen-bond acceptors (Lipinski definition) is 4. The number of ether oxygens (including phenoxy) is 1. The third-order valence-electron chi connectivity index (χ3n) is 3.72. The van der Waals surface area contributed by atoms with Crippen molar-refractivity contribution in [3.63, 3.8) is 0 Å². The van der Waals surface area contributed by atoms with Crippen LogP contribution in [0.3, 0.4) is 0 Å². The Labute approximate surface area is 142 Å². The molecule has 1 atom stereocenters.